The second-order valence-electron chi connectivity index (χ2n) is 6.74. The van der Waals surface area contributed by atoms with Crippen LogP contribution in [0.3, 0.4) is 0 Å². The van der Waals surface area contributed by atoms with Crippen molar-refractivity contribution in [3.8, 4) is 28.3 Å². The van der Waals surface area contributed by atoms with Crippen molar-refractivity contribution in [1.82, 2.24) is 19.7 Å². The number of aromatic nitrogens is 4. The summed E-state index contributed by atoms with van der Waals surface area (Å²) in [6.45, 7) is 3.81. The van der Waals surface area contributed by atoms with Gasteiger partial charge in [0.2, 0.25) is 0 Å². The van der Waals surface area contributed by atoms with Gasteiger partial charge in [-0.2, -0.15) is 0 Å². The van der Waals surface area contributed by atoms with Crippen molar-refractivity contribution in [1.29, 1.82) is 0 Å². The number of hydrogen-bond acceptors (Lipinski definition) is 3. The normalized spacial score (nSPS) is 11.2. The lowest BCUT2D eigenvalue weighted by atomic mass is 10.1. The Morgan fingerprint density at radius 2 is 1.50 bits per heavy atom. The summed E-state index contributed by atoms with van der Waals surface area (Å²) < 4.78 is 30.5. The molecule has 0 N–H and O–H groups in total. The molecule has 28 heavy (non-hydrogen) atoms. The molecule has 2 heterocycles. The van der Waals surface area contributed by atoms with Gasteiger partial charge >= 0.3 is 0 Å². The van der Waals surface area contributed by atoms with Crippen molar-refractivity contribution in [2.45, 2.75) is 19.8 Å². The molecule has 6 heteroatoms. The zero-order valence-corrected chi connectivity index (χ0v) is 15.5. The third-order valence-electron chi connectivity index (χ3n) is 4.46. The van der Waals surface area contributed by atoms with Crippen LogP contribution in [-0.2, 0) is 0 Å². The van der Waals surface area contributed by atoms with E-state index in [1.165, 1.54) is 22.8 Å². The predicted molar refractivity (Wildman–Crippen MR) is 104 cm³/mol. The van der Waals surface area contributed by atoms with Gasteiger partial charge in [0, 0.05) is 23.2 Å². The first-order valence-electron chi connectivity index (χ1n) is 8.98. The Kier molecular flexibility index (Phi) is 4.69. The predicted octanol–water partition coefficient (Wildman–Crippen LogP) is 5.40. The smallest absolute Gasteiger partial charge is 0.170 e. The summed E-state index contributed by atoms with van der Waals surface area (Å²) >= 11 is 0. The molecule has 0 amide bonds. The average Bonchev–Trinajstić information content (AvgIpc) is 3.14. The minimum atomic E-state index is -0.670. The highest BCUT2D eigenvalue weighted by Gasteiger charge is 2.23. The highest BCUT2D eigenvalue weighted by atomic mass is 19.1. The topological polar surface area (TPSA) is 43.6 Å². The van der Waals surface area contributed by atoms with Crippen LogP contribution in [-0.4, -0.2) is 19.7 Å². The Morgan fingerprint density at radius 1 is 0.786 bits per heavy atom. The minimum absolute atomic E-state index is 0.0724. The summed E-state index contributed by atoms with van der Waals surface area (Å²) in [7, 11) is 0. The van der Waals surface area contributed by atoms with Crippen LogP contribution in [0.25, 0.3) is 28.3 Å². The molecule has 0 atom stereocenters. The Balaban J connectivity index is 1.85. The van der Waals surface area contributed by atoms with Crippen LogP contribution in [0.5, 0.6) is 0 Å². The lowest BCUT2D eigenvalue weighted by Gasteiger charge is -2.14. The quantitative estimate of drug-likeness (QED) is 0.479. The summed E-state index contributed by atoms with van der Waals surface area (Å²) in [5.41, 5.74) is 2.23. The van der Waals surface area contributed by atoms with Crippen LogP contribution < -0.4 is 0 Å². The molecule has 0 aliphatic heterocycles. The van der Waals surface area contributed by atoms with Crippen LogP contribution in [0.2, 0.25) is 0 Å². The highest BCUT2D eigenvalue weighted by molar-refractivity contribution is 5.64. The maximum absolute atomic E-state index is 14.5. The fourth-order valence-electron chi connectivity index (χ4n) is 3.09. The summed E-state index contributed by atoms with van der Waals surface area (Å²) in [5, 5.41) is 8.39. The van der Waals surface area contributed by atoms with E-state index in [0.717, 1.165) is 11.3 Å². The fourth-order valence-corrected chi connectivity index (χ4v) is 3.09. The third-order valence-corrected chi connectivity index (χ3v) is 4.46. The van der Waals surface area contributed by atoms with Crippen molar-refractivity contribution < 1.29 is 8.78 Å². The standard InChI is InChI=1S/C22H18F2N4/c1-14(2)21-26-27-22(28(21)20-17(23)9-6-10-18(20)24)16-11-12-19(25-13-16)15-7-4-3-5-8-15/h3-14H,1-2H3. The number of pyridine rings is 1. The SMILES string of the molecule is CC(C)c1nnc(-c2ccc(-c3ccccc3)nc2)n1-c1c(F)cccc1F. The van der Waals surface area contributed by atoms with E-state index in [1.54, 1.807) is 6.20 Å². The summed E-state index contributed by atoms with van der Waals surface area (Å²) in [4.78, 5) is 4.49. The van der Waals surface area contributed by atoms with Crippen molar-refractivity contribution >= 4 is 0 Å². The molecule has 4 aromatic rings. The molecular weight excluding hydrogens is 358 g/mol. The van der Waals surface area contributed by atoms with Crippen LogP contribution in [0.15, 0.2) is 66.9 Å². The van der Waals surface area contributed by atoms with Crippen LogP contribution in [0.1, 0.15) is 25.6 Å². The maximum Gasteiger partial charge on any atom is 0.170 e. The molecule has 0 radical (unpaired) electrons. The second kappa shape index (κ2) is 7.31. The van der Waals surface area contributed by atoms with E-state index in [9.17, 15) is 8.78 Å². The Labute approximate surface area is 161 Å². The molecule has 4 rings (SSSR count). The van der Waals surface area contributed by atoms with E-state index in [-0.39, 0.29) is 11.6 Å². The molecule has 0 saturated heterocycles. The van der Waals surface area contributed by atoms with Crippen molar-refractivity contribution in [3.05, 3.63) is 84.3 Å². The van der Waals surface area contributed by atoms with E-state index >= 15 is 0 Å². The molecule has 0 aliphatic carbocycles. The van der Waals surface area contributed by atoms with Gasteiger partial charge in [0.25, 0.3) is 0 Å². The second-order valence-corrected chi connectivity index (χ2v) is 6.74. The lowest BCUT2D eigenvalue weighted by molar-refractivity contribution is 0.563. The summed E-state index contributed by atoms with van der Waals surface area (Å²) in [6, 6.07) is 17.2. The molecule has 0 spiro atoms. The molecule has 2 aromatic carbocycles. The highest BCUT2D eigenvalue weighted by Crippen LogP contribution is 2.29. The maximum atomic E-state index is 14.5. The van der Waals surface area contributed by atoms with Gasteiger partial charge in [-0.15, -0.1) is 10.2 Å². The Morgan fingerprint density at radius 3 is 2.11 bits per heavy atom. The van der Waals surface area contributed by atoms with Crippen molar-refractivity contribution in [2.75, 3.05) is 0 Å². The van der Waals surface area contributed by atoms with Crippen molar-refractivity contribution in [2.24, 2.45) is 0 Å². The minimum Gasteiger partial charge on any atom is -0.273 e. The number of hydrogen-bond donors (Lipinski definition) is 0. The molecule has 2 aromatic heterocycles. The molecule has 4 nitrogen and oxygen atoms in total. The molecule has 0 bridgehead atoms. The number of benzene rings is 2. The first-order valence-corrected chi connectivity index (χ1v) is 8.98. The monoisotopic (exact) mass is 376 g/mol. The van der Waals surface area contributed by atoms with Gasteiger partial charge in [-0.1, -0.05) is 50.2 Å². The van der Waals surface area contributed by atoms with Crippen LogP contribution in [0, 0.1) is 11.6 Å². The third kappa shape index (κ3) is 3.17. The largest absolute Gasteiger partial charge is 0.273 e. The van der Waals surface area contributed by atoms with E-state index in [0.29, 0.717) is 17.2 Å². The lowest BCUT2D eigenvalue weighted by Crippen LogP contribution is -2.09. The molecule has 140 valence electrons. The fraction of sp³-hybridized carbons (Fsp3) is 0.136. The van der Waals surface area contributed by atoms with Crippen LogP contribution >= 0.6 is 0 Å². The first-order chi connectivity index (χ1) is 13.6. The van der Waals surface area contributed by atoms with Crippen LogP contribution in [0.4, 0.5) is 8.78 Å². The van der Waals surface area contributed by atoms with Gasteiger partial charge in [-0.05, 0) is 24.3 Å². The molecule has 0 fully saturated rings. The number of halogens is 2. The van der Waals surface area contributed by atoms with E-state index in [4.69, 9.17) is 0 Å². The van der Waals surface area contributed by atoms with Gasteiger partial charge in [-0.3, -0.25) is 9.55 Å². The zero-order chi connectivity index (χ0) is 19.7. The van der Waals surface area contributed by atoms with Gasteiger partial charge < -0.3 is 0 Å². The average molecular weight is 376 g/mol. The molecule has 0 aliphatic rings. The van der Waals surface area contributed by atoms with E-state index in [2.05, 4.69) is 15.2 Å². The molecule has 0 unspecified atom stereocenters. The summed E-state index contributed by atoms with van der Waals surface area (Å²) in [5.74, 6) is -0.587. The van der Waals surface area contributed by atoms with Gasteiger partial charge in [0.15, 0.2) is 5.82 Å². The zero-order valence-electron chi connectivity index (χ0n) is 15.5. The molecule has 0 saturated carbocycles. The van der Waals surface area contributed by atoms with Gasteiger partial charge in [0.05, 0.1) is 5.69 Å². The number of nitrogens with zero attached hydrogens (tertiary/aromatic N) is 4. The number of para-hydroxylation sites is 1. The first kappa shape index (κ1) is 18.0. The number of rotatable bonds is 4. The summed E-state index contributed by atoms with van der Waals surface area (Å²) in [6.07, 6.45) is 1.64. The van der Waals surface area contributed by atoms with E-state index in [1.807, 2.05) is 56.3 Å². The Bertz CT molecular complexity index is 1080. The molecular formula is C22H18F2N4. The Hall–Kier alpha value is -3.41. The van der Waals surface area contributed by atoms with Gasteiger partial charge in [0.1, 0.15) is 23.1 Å². The van der Waals surface area contributed by atoms with Crippen molar-refractivity contribution in [3.63, 3.8) is 0 Å². The van der Waals surface area contributed by atoms with Gasteiger partial charge in [-0.25, -0.2) is 8.78 Å². The van der Waals surface area contributed by atoms with E-state index < -0.39 is 11.6 Å².